The molecule has 1 aromatic rings. The van der Waals surface area contributed by atoms with Gasteiger partial charge in [0.15, 0.2) is 0 Å². The van der Waals surface area contributed by atoms with Crippen molar-refractivity contribution in [1.29, 1.82) is 0 Å². The molecule has 0 unspecified atom stereocenters. The number of ether oxygens (including phenoxy) is 1. The van der Waals surface area contributed by atoms with Gasteiger partial charge in [0.2, 0.25) is 0 Å². The summed E-state index contributed by atoms with van der Waals surface area (Å²) in [6, 6.07) is 7.85. The Labute approximate surface area is 89.8 Å². The summed E-state index contributed by atoms with van der Waals surface area (Å²) < 4.78 is 5.82. The van der Waals surface area contributed by atoms with Crippen molar-refractivity contribution in [3.05, 3.63) is 28.7 Å². The van der Waals surface area contributed by atoms with E-state index in [1.54, 1.807) is 0 Å². The molecule has 1 rings (SSSR count). The van der Waals surface area contributed by atoms with Crippen LogP contribution in [0.5, 0.6) is 0 Å². The number of hydrogen-bond acceptors (Lipinski definition) is 3. The third-order valence-corrected chi connectivity index (χ3v) is 2.60. The SMILES string of the molecule is CC(=O)OCSc1cccc(Br)c1. The standard InChI is InChI=1S/C9H9BrO2S/c1-7(11)12-6-13-9-4-2-3-8(10)5-9/h2-5H,6H2,1H3. The molecular weight excluding hydrogens is 252 g/mol. The maximum atomic E-state index is 10.5. The smallest absolute Gasteiger partial charge is 0.303 e. The summed E-state index contributed by atoms with van der Waals surface area (Å²) in [7, 11) is 0. The van der Waals surface area contributed by atoms with E-state index in [9.17, 15) is 4.79 Å². The molecule has 0 saturated carbocycles. The number of benzene rings is 1. The van der Waals surface area contributed by atoms with Gasteiger partial charge < -0.3 is 4.74 Å². The van der Waals surface area contributed by atoms with E-state index in [0.717, 1.165) is 9.37 Å². The predicted molar refractivity (Wildman–Crippen MR) is 56.6 cm³/mol. The quantitative estimate of drug-likeness (QED) is 0.475. The molecule has 70 valence electrons. The number of carbonyl (C=O) groups is 1. The normalized spacial score (nSPS) is 9.69. The second-order valence-corrected chi connectivity index (χ2v) is 4.27. The average Bonchev–Trinajstić information content (AvgIpc) is 2.03. The lowest BCUT2D eigenvalue weighted by atomic mass is 10.4. The van der Waals surface area contributed by atoms with Crippen molar-refractivity contribution in [2.75, 3.05) is 5.94 Å². The van der Waals surface area contributed by atoms with E-state index in [-0.39, 0.29) is 5.97 Å². The highest BCUT2D eigenvalue weighted by atomic mass is 79.9. The monoisotopic (exact) mass is 260 g/mol. The third kappa shape index (κ3) is 4.33. The molecule has 13 heavy (non-hydrogen) atoms. The number of hydrogen-bond donors (Lipinski definition) is 0. The van der Waals surface area contributed by atoms with E-state index in [1.165, 1.54) is 18.7 Å². The fraction of sp³-hybridized carbons (Fsp3) is 0.222. The fourth-order valence-electron chi connectivity index (χ4n) is 0.737. The first-order valence-electron chi connectivity index (χ1n) is 3.70. The zero-order valence-electron chi connectivity index (χ0n) is 7.12. The second-order valence-electron chi connectivity index (χ2n) is 2.36. The molecular formula is C9H9BrO2S. The van der Waals surface area contributed by atoms with Crippen molar-refractivity contribution in [3.8, 4) is 0 Å². The molecule has 0 aliphatic heterocycles. The van der Waals surface area contributed by atoms with Crippen LogP contribution in [0.1, 0.15) is 6.92 Å². The van der Waals surface area contributed by atoms with Crippen molar-refractivity contribution in [1.82, 2.24) is 0 Å². The first-order chi connectivity index (χ1) is 6.18. The van der Waals surface area contributed by atoms with Gasteiger partial charge in [0.05, 0.1) is 0 Å². The molecule has 1 aromatic carbocycles. The maximum Gasteiger partial charge on any atom is 0.303 e. The fourth-order valence-corrected chi connectivity index (χ4v) is 2.03. The number of halogens is 1. The Morgan fingerprint density at radius 1 is 1.62 bits per heavy atom. The highest BCUT2D eigenvalue weighted by molar-refractivity contribution is 9.10. The van der Waals surface area contributed by atoms with Gasteiger partial charge in [0.25, 0.3) is 0 Å². The van der Waals surface area contributed by atoms with E-state index in [4.69, 9.17) is 4.74 Å². The maximum absolute atomic E-state index is 10.5. The van der Waals surface area contributed by atoms with Gasteiger partial charge in [-0.25, -0.2) is 0 Å². The second kappa shape index (κ2) is 5.29. The van der Waals surface area contributed by atoms with Crippen molar-refractivity contribution in [2.45, 2.75) is 11.8 Å². The minimum absolute atomic E-state index is 0.248. The molecule has 0 aliphatic rings. The molecule has 0 bridgehead atoms. The van der Waals surface area contributed by atoms with Crippen LogP contribution in [0.3, 0.4) is 0 Å². The van der Waals surface area contributed by atoms with Gasteiger partial charge in [0, 0.05) is 16.3 Å². The van der Waals surface area contributed by atoms with Crippen molar-refractivity contribution < 1.29 is 9.53 Å². The number of esters is 1. The van der Waals surface area contributed by atoms with Gasteiger partial charge in [0.1, 0.15) is 5.94 Å². The molecule has 0 atom stereocenters. The van der Waals surface area contributed by atoms with Crippen LogP contribution in [0, 0.1) is 0 Å². The summed E-state index contributed by atoms with van der Waals surface area (Å²) >= 11 is 4.85. The Hall–Kier alpha value is -0.480. The third-order valence-electron chi connectivity index (χ3n) is 1.28. The van der Waals surface area contributed by atoms with Crippen molar-refractivity contribution in [3.63, 3.8) is 0 Å². The molecule has 0 N–H and O–H groups in total. The highest BCUT2D eigenvalue weighted by Gasteiger charge is 1.96. The summed E-state index contributed by atoms with van der Waals surface area (Å²) in [5, 5.41) is 0. The number of rotatable bonds is 3. The van der Waals surface area contributed by atoms with Crippen LogP contribution in [0.4, 0.5) is 0 Å². The lowest BCUT2D eigenvalue weighted by Gasteiger charge is -2.01. The largest absolute Gasteiger partial charge is 0.454 e. The van der Waals surface area contributed by atoms with Gasteiger partial charge in [-0.15, -0.1) is 0 Å². The molecule has 0 heterocycles. The van der Waals surface area contributed by atoms with Crippen LogP contribution in [0.25, 0.3) is 0 Å². The van der Waals surface area contributed by atoms with Gasteiger partial charge >= 0.3 is 5.97 Å². The van der Waals surface area contributed by atoms with Crippen LogP contribution in [0.2, 0.25) is 0 Å². The minimum Gasteiger partial charge on any atom is -0.454 e. The zero-order chi connectivity index (χ0) is 9.68. The van der Waals surface area contributed by atoms with Crippen LogP contribution in [0.15, 0.2) is 33.6 Å². The molecule has 0 aliphatic carbocycles. The molecule has 0 fully saturated rings. The van der Waals surface area contributed by atoms with E-state index < -0.39 is 0 Å². The Kier molecular flexibility index (Phi) is 4.32. The van der Waals surface area contributed by atoms with Crippen LogP contribution >= 0.6 is 27.7 Å². The van der Waals surface area contributed by atoms with E-state index in [0.29, 0.717) is 5.94 Å². The Morgan fingerprint density at radius 3 is 3.00 bits per heavy atom. The topological polar surface area (TPSA) is 26.3 Å². The number of carbonyl (C=O) groups excluding carboxylic acids is 1. The summed E-state index contributed by atoms with van der Waals surface area (Å²) in [5.41, 5.74) is 0. The van der Waals surface area contributed by atoms with Gasteiger partial charge in [-0.3, -0.25) is 4.79 Å². The number of thioether (sulfide) groups is 1. The summed E-state index contributed by atoms with van der Waals surface area (Å²) in [6.07, 6.45) is 0. The lowest BCUT2D eigenvalue weighted by Crippen LogP contribution is -1.96. The molecule has 4 heteroatoms. The van der Waals surface area contributed by atoms with Crippen LogP contribution < -0.4 is 0 Å². The van der Waals surface area contributed by atoms with Crippen LogP contribution in [-0.4, -0.2) is 11.9 Å². The van der Waals surface area contributed by atoms with Crippen molar-refractivity contribution in [2.24, 2.45) is 0 Å². The minimum atomic E-state index is -0.248. The summed E-state index contributed by atoms with van der Waals surface area (Å²) in [4.78, 5) is 11.5. The van der Waals surface area contributed by atoms with E-state index in [2.05, 4.69) is 15.9 Å². The van der Waals surface area contributed by atoms with E-state index >= 15 is 0 Å². The first-order valence-corrected chi connectivity index (χ1v) is 5.48. The first kappa shape index (κ1) is 10.6. The average molecular weight is 261 g/mol. The molecule has 2 nitrogen and oxygen atoms in total. The van der Waals surface area contributed by atoms with Crippen molar-refractivity contribution >= 4 is 33.7 Å². The summed E-state index contributed by atoms with van der Waals surface area (Å²) in [5.74, 6) is 0.119. The molecule has 0 saturated heterocycles. The zero-order valence-corrected chi connectivity index (χ0v) is 9.52. The molecule has 0 amide bonds. The predicted octanol–water partition coefficient (Wildman–Crippen LogP) is 3.06. The van der Waals surface area contributed by atoms with Gasteiger partial charge in [-0.1, -0.05) is 33.8 Å². The van der Waals surface area contributed by atoms with Gasteiger partial charge in [-0.05, 0) is 18.2 Å². The van der Waals surface area contributed by atoms with E-state index in [1.807, 2.05) is 24.3 Å². The van der Waals surface area contributed by atoms with Crippen LogP contribution in [-0.2, 0) is 9.53 Å². The Balaban J connectivity index is 2.41. The Morgan fingerprint density at radius 2 is 2.38 bits per heavy atom. The summed E-state index contributed by atoms with van der Waals surface area (Å²) in [6.45, 7) is 1.40. The molecule has 0 spiro atoms. The highest BCUT2D eigenvalue weighted by Crippen LogP contribution is 2.21. The molecule has 0 radical (unpaired) electrons. The lowest BCUT2D eigenvalue weighted by molar-refractivity contribution is -0.138. The Bertz CT molecular complexity index is 301. The van der Waals surface area contributed by atoms with Gasteiger partial charge in [-0.2, -0.15) is 0 Å². The molecule has 0 aromatic heterocycles.